The molecule has 1 saturated heterocycles. The van der Waals surface area contributed by atoms with Crippen LogP contribution >= 0.6 is 0 Å². The fourth-order valence-electron chi connectivity index (χ4n) is 8.53. The second-order valence-corrected chi connectivity index (χ2v) is 12.3. The van der Waals surface area contributed by atoms with Crippen molar-refractivity contribution in [3.8, 4) is 0 Å². The van der Waals surface area contributed by atoms with Gasteiger partial charge in [-0.3, -0.25) is 4.79 Å². The molecule has 4 aliphatic carbocycles. The summed E-state index contributed by atoms with van der Waals surface area (Å²) < 4.78 is 19.1. The molecule has 5 nitrogen and oxygen atoms in total. The third kappa shape index (κ3) is 3.77. The van der Waals surface area contributed by atoms with Gasteiger partial charge in [0.15, 0.2) is 5.79 Å². The van der Waals surface area contributed by atoms with Crippen molar-refractivity contribution in [2.45, 2.75) is 109 Å². The molecule has 0 aromatic heterocycles. The Morgan fingerprint density at radius 3 is 2.61 bits per heavy atom. The maximum atomic E-state index is 13.3. The van der Waals surface area contributed by atoms with E-state index in [1.807, 2.05) is 0 Å². The van der Waals surface area contributed by atoms with Gasteiger partial charge in [0, 0.05) is 11.8 Å². The molecule has 5 fully saturated rings. The Labute approximate surface area is 187 Å². The SMILES string of the molecule is CC1CC2CCCC(C(=O)OCC3OC4(OC3CO)C(C)CC3(C)CCCC4C3)(C1)C2. The summed E-state index contributed by atoms with van der Waals surface area (Å²) >= 11 is 0. The quantitative estimate of drug-likeness (QED) is 0.641. The lowest BCUT2D eigenvalue weighted by Gasteiger charge is -2.54. The first kappa shape index (κ1) is 22.2. The van der Waals surface area contributed by atoms with Crippen LogP contribution in [0.5, 0.6) is 0 Å². The second-order valence-electron chi connectivity index (χ2n) is 12.3. The van der Waals surface area contributed by atoms with Crippen molar-refractivity contribution in [3.63, 3.8) is 0 Å². The number of carbonyl (C=O) groups is 1. The lowest BCUT2D eigenvalue weighted by atomic mass is 9.57. The summed E-state index contributed by atoms with van der Waals surface area (Å²) in [4.78, 5) is 13.3. The predicted molar refractivity (Wildman–Crippen MR) is 117 cm³/mol. The molecule has 5 heteroatoms. The first-order chi connectivity index (χ1) is 14.8. The second kappa shape index (κ2) is 7.99. The summed E-state index contributed by atoms with van der Waals surface area (Å²) in [5.41, 5.74) is 0.0870. The van der Waals surface area contributed by atoms with Gasteiger partial charge in [0.25, 0.3) is 0 Å². The monoisotopic (exact) mass is 434 g/mol. The van der Waals surface area contributed by atoms with Crippen LogP contribution in [0.1, 0.15) is 91.4 Å². The molecule has 176 valence electrons. The highest BCUT2D eigenvalue weighted by atomic mass is 16.8. The first-order valence-corrected chi connectivity index (χ1v) is 12.9. The topological polar surface area (TPSA) is 65.0 Å². The Morgan fingerprint density at radius 2 is 1.81 bits per heavy atom. The minimum atomic E-state index is -0.627. The summed E-state index contributed by atoms with van der Waals surface area (Å²) in [5, 5.41) is 10.1. The molecule has 31 heavy (non-hydrogen) atoms. The number of hydrogen-bond donors (Lipinski definition) is 1. The van der Waals surface area contributed by atoms with Gasteiger partial charge in [-0.15, -0.1) is 0 Å². The first-order valence-electron chi connectivity index (χ1n) is 12.9. The highest BCUT2D eigenvalue weighted by Gasteiger charge is 2.61. The van der Waals surface area contributed by atoms with Gasteiger partial charge >= 0.3 is 5.97 Å². The molecule has 4 saturated carbocycles. The van der Waals surface area contributed by atoms with Gasteiger partial charge in [0.05, 0.1) is 12.0 Å². The minimum absolute atomic E-state index is 0.0353. The highest BCUT2D eigenvalue weighted by molar-refractivity contribution is 5.77. The van der Waals surface area contributed by atoms with Crippen molar-refractivity contribution < 1.29 is 24.1 Å². The fraction of sp³-hybridized carbons (Fsp3) is 0.962. The van der Waals surface area contributed by atoms with Crippen LogP contribution in [0, 0.1) is 34.5 Å². The van der Waals surface area contributed by atoms with Gasteiger partial charge in [-0.25, -0.2) is 0 Å². The van der Waals surface area contributed by atoms with Crippen LogP contribution < -0.4 is 0 Å². The van der Waals surface area contributed by atoms with Gasteiger partial charge in [-0.2, -0.15) is 0 Å². The van der Waals surface area contributed by atoms with Crippen LogP contribution in [0.4, 0.5) is 0 Å². The van der Waals surface area contributed by atoms with Gasteiger partial charge in [-0.1, -0.05) is 40.0 Å². The number of esters is 1. The van der Waals surface area contributed by atoms with E-state index in [9.17, 15) is 9.90 Å². The van der Waals surface area contributed by atoms with E-state index in [1.165, 1.54) is 25.7 Å². The largest absolute Gasteiger partial charge is 0.462 e. The van der Waals surface area contributed by atoms with E-state index in [2.05, 4.69) is 20.8 Å². The van der Waals surface area contributed by atoms with Gasteiger partial charge in [0.2, 0.25) is 0 Å². The zero-order valence-corrected chi connectivity index (χ0v) is 19.7. The van der Waals surface area contributed by atoms with E-state index in [4.69, 9.17) is 14.2 Å². The molecule has 1 aliphatic heterocycles. The molecule has 1 N–H and O–H groups in total. The predicted octanol–water partition coefficient (Wildman–Crippen LogP) is 4.85. The molecule has 0 aromatic rings. The minimum Gasteiger partial charge on any atom is -0.462 e. The van der Waals surface area contributed by atoms with Gasteiger partial charge in [0.1, 0.15) is 18.8 Å². The van der Waals surface area contributed by atoms with Crippen LogP contribution in [0.3, 0.4) is 0 Å². The highest BCUT2D eigenvalue weighted by Crippen LogP contribution is 2.59. The Bertz CT molecular complexity index is 687. The maximum Gasteiger partial charge on any atom is 0.312 e. The molecule has 9 unspecified atom stereocenters. The lowest BCUT2D eigenvalue weighted by molar-refractivity contribution is -0.280. The average Bonchev–Trinajstić information content (AvgIpc) is 3.10. The summed E-state index contributed by atoms with van der Waals surface area (Å²) in [6.45, 7) is 7.03. The van der Waals surface area contributed by atoms with Crippen LogP contribution in [-0.2, 0) is 19.0 Å². The molecule has 1 spiro atoms. The Kier molecular flexibility index (Phi) is 5.71. The summed E-state index contributed by atoms with van der Waals surface area (Å²) in [7, 11) is 0. The maximum absolute atomic E-state index is 13.3. The third-order valence-corrected chi connectivity index (χ3v) is 9.63. The lowest BCUT2D eigenvalue weighted by Crippen LogP contribution is -2.55. The van der Waals surface area contributed by atoms with Gasteiger partial charge in [-0.05, 0) is 68.6 Å². The van der Waals surface area contributed by atoms with E-state index in [-0.39, 0.29) is 36.6 Å². The van der Waals surface area contributed by atoms with Crippen LogP contribution in [0.2, 0.25) is 0 Å². The number of aliphatic hydroxyl groups excluding tert-OH is 1. The molecule has 5 rings (SSSR count). The number of ether oxygens (including phenoxy) is 3. The summed E-state index contributed by atoms with van der Waals surface area (Å²) in [6.07, 6.45) is 11.6. The molecule has 4 bridgehead atoms. The van der Waals surface area contributed by atoms with E-state index in [0.717, 1.165) is 44.9 Å². The van der Waals surface area contributed by atoms with Crippen LogP contribution in [0.15, 0.2) is 0 Å². The van der Waals surface area contributed by atoms with E-state index in [0.29, 0.717) is 23.2 Å². The number of fused-ring (bicyclic) bond motifs is 5. The van der Waals surface area contributed by atoms with Crippen molar-refractivity contribution in [1.29, 1.82) is 0 Å². The number of hydrogen-bond acceptors (Lipinski definition) is 5. The molecule has 9 atom stereocenters. The summed E-state index contributed by atoms with van der Waals surface area (Å²) in [6, 6.07) is 0. The Balaban J connectivity index is 1.27. The third-order valence-electron chi connectivity index (χ3n) is 9.63. The summed E-state index contributed by atoms with van der Waals surface area (Å²) in [5.74, 6) is 1.25. The van der Waals surface area contributed by atoms with Crippen molar-refractivity contribution in [1.82, 2.24) is 0 Å². The number of rotatable bonds is 4. The smallest absolute Gasteiger partial charge is 0.312 e. The van der Waals surface area contributed by atoms with Gasteiger partial charge < -0.3 is 19.3 Å². The number of aliphatic hydroxyl groups is 1. The van der Waals surface area contributed by atoms with Crippen molar-refractivity contribution >= 4 is 5.97 Å². The molecule has 5 aliphatic rings. The van der Waals surface area contributed by atoms with E-state index in [1.54, 1.807) is 0 Å². The molecular formula is C26H42O5. The standard InChI is InChI=1S/C26H42O5/c1-17-10-19-6-4-9-25(11-17,13-19)23(28)29-16-22-21(15-27)30-26(31-22)18(2)12-24(3)8-5-7-20(26)14-24/h17-22,27H,4-16H2,1-3H3. The molecule has 0 amide bonds. The van der Waals surface area contributed by atoms with E-state index >= 15 is 0 Å². The zero-order valence-electron chi connectivity index (χ0n) is 19.7. The van der Waals surface area contributed by atoms with E-state index < -0.39 is 11.9 Å². The van der Waals surface area contributed by atoms with Crippen molar-refractivity contribution in [3.05, 3.63) is 0 Å². The average molecular weight is 435 g/mol. The van der Waals surface area contributed by atoms with Crippen molar-refractivity contribution in [2.24, 2.45) is 34.5 Å². The van der Waals surface area contributed by atoms with Crippen LogP contribution in [0.25, 0.3) is 0 Å². The van der Waals surface area contributed by atoms with Crippen molar-refractivity contribution in [2.75, 3.05) is 13.2 Å². The van der Waals surface area contributed by atoms with Crippen LogP contribution in [-0.4, -0.2) is 42.3 Å². The fourth-order valence-corrected chi connectivity index (χ4v) is 8.53. The molecule has 0 radical (unpaired) electrons. The molecular weight excluding hydrogens is 392 g/mol. The molecule has 0 aromatic carbocycles. The Morgan fingerprint density at radius 1 is 1.03 bits per heavy atom. The molecule has 1 heterocycles. The normalized spacial score (nSPS) is 51.6. The zero-order chi connectivity index (χ0) is 21.9. The number of carbonyl (C=O) groups excluding carboxylic acids is 1. The Hall–Kier alpha value is -0.650.